The Labute approximate surface area is 181 Å². The summed E-state index contributed by atoms with van der Waals surface area (Å²) in [5.74, 6) is -2.35. The minimum atomic E-state index is -6.13. The maximum absolute atomic E-state index is 12.6. The van der Waals surface area contributed by atoms with Crippen molar-refractivity contribution in [3.05, 3.63) is 28.2 Å². The fourth-order valence-electron chi connectivity index (χ4n) is 2.64. The van der Waals surface area contributed by atoms with Gasteiger partial charge in [-0.25, -0.2) is 14.3 Å². The fourth-order valence-corrected chi connectivity index (χ4v) is 3.11. The number of alkyl halides is 3. The van der Waals surface area contributed by atoms with Gasteiger partial charge in [0, 0.05) is 19.3 Å². The molecule has 0 N–H and O–H groups in total. The molecule has 32 heavy (non-hydrogen) atoms. The van der Waals surface area contributed by atoms with E-state index in [9.17, 15) is 36.0 Å². The summed E-state index contributed by atoms with van der Waals surface area (Å²) in [7, 11) is -5.21. The summed E-state index contributed by atoms with van der Waals surface area (Å²) >= 11 is 0. The van der Waals surface area contributed by atoms with Gasteiger partial charge in [0.15, 0.2) is 5.75 Å². The minimum absolute atomic E-state index is 0.112. The van der Waals surface area contributed by atoms with Crippen molar-refractivity contribution in [1.29, 1.82) is 0 Å². The first-order valence-corrected chi connectivity index (χ1v) is 10.6. The van der Waals surface area contributed by atoms with Crippen LogP contribution in [0, 0.1) is 0 Å². The van der Waals surface area contributed by atoms with E-state index in [0.29, 0.717) is 6.07 Å². The minimum Gasteiger partial charge on any atom is -0.465 e. The van der Waals surface area contributed by atoms with E-state index in [1.165, 1.54) is 9.91 Å². The number of aromatic nitrogens is 1. The van der Waals surface area contributed by atoms with Crippen molar-refractivity contribution in [1.82, 2.24) is 9.58 Å². The summed E-state index contributed by atoms with van der Waals surface area (Å²) in [6.45, 7) is 5.64. The quantitative estimate of drug-likeness (QED) is 0.350. The van der Waals surface area contributed by atoms with Crippen LogP contribution in [0.1, 0.15) is 31.1 Å². The van der Waals surface area contributed by atoms with Gasteiger partial charge in [0.2, 0.25) is 0 Å². The first-order chi connectivity index (χ1) is 14.6. The molecule has 1 aromatic rings. The summed E-state index contributed by atoms with van der Waals surface area (Å²) < 4.78 is 75.2. The predicted molar refractivity (Wildman–Crippen MR) is 103 cm³/mol. The second kappa shape index (κ2) is 8.88. The molecule has 2 rings (SSSR count). The Bertz CT molecular complexity index is 1040. The normalized spacial score (nSPS) is 15.3. The van der Waals surface area contributed by atoms with Crippen molar-refractivity contribution < 1.29 is 44.8 Å². The molecule has 0 saturated carbocycles. The number of carbonyl (C=O) groups excluding carboxylic acids is 2. The first-order valence-electron chi connectivity index (χ1n) is 9.14. The summed E-state index contributed by atoms with van der Waals surface area (Å²) in [4.78, 5) is 38.0. The monoisotopic (exact) mass is 485 g/mol. The van der Waals surface area contributed by atoms with E-state index < -0.39 is 50.2 Å². The van der Waals surface area contributed by atoms with E-state index in [0.717, 1.165) is 18.0 Å². The van der Waals surface area contributed by atoms with Crippen molar-refractivity contribution in [3.63, 3.8) is 0 Å². The van der Waals surface area contributed by atoms with E-state index in [1.807, 2.05) is 0 Å². The number of hydrogen-bond donors (Lipinski definition) is 0. The molecule has 0 aliphatic carbocycles. The highest BCUT2D eigenvalue weighted by Gasteiger charge is 2.49. The maximum Gasteiger partial charge on any atom is 0.534 e. The third-order valence-corrected chi connectivity index (χ3v) is 5.06. The number of hydrogen-bond acceptors (Lipinski definition) is 9. The Hall–Kier alpha value is -2.97. The topological polar surface area (TPSA) is 124 Å². The van der Waals surface area contributed by atoms with E-state index in [2.05, 4.69) is 8.92 Å². The molecule has 11 nitrogen and oxygen atoms in total. The number of halogens is 3. The van der Waals surface area contributed by atoms with Crippen LogP contribution in [-0.4, -0.2) is 74.5 Å². The zero-order chi connectivity index (χ0) is 24.5. The highest BCUT2D eigenvalue weighted by molar-refractivity contribution is 7.88. The summed E-state index contributed by atoms with van der Waals surface area (Å²) in [5, 5.41) is 1.41. The van der Waals surface area contributed by atoms with Gasteiger partial charge in [0.1, 0.15) is 11.2 Å². The number of nitrogens with zero attached hydrogens (tertiary/aromatic N) is 3. The predicted octanol–water partition coefficient (Wildman–Crippen LogP) is 1.05. The molecule has 1 amide bonds. The van der Waals surface area contributed by atoms with Gasteiger partial charge < -0.3 is 23.6 Å². The van der Waals surface area contributed by atoms with Crippen LogP contribution >= 0.6 is 0 Å². The van der Waals surface area contributed by atoms with Crippen molar-refractivity contribution in [2.45, 2.75) is 31.9 Å². The van der Waals surface area contributed by atoms with Gasteiger partial charge >= 0.3 is 27.7 Å². The Morgan fingerprint density at radius 1 is 1.06 bits per heavy atom. The molecular formula is C17H22F3N3O8S. The van der Waals surface area contributed by atoms with Crippen LogP contribution in [-0.2, 0) is 19.6 Å². The molecule has 1 saturated heterocycles. The molecule has 1 fully saturated rings. The lowest BCUT2D eigenvalue weighted by Gasteiger charge is -2.37. The lowest BCUT2D eigenvalue weighted by atomic mass is 10.2. The van der Waals surface area contributed by atoms with E-state index in [1.54, 1.807) is 20.8 Å². The van der Waals surface area contributed by atoms with Gasteiger partial charge in [-0.3, -0.25) is 4.79 Å². The van der Waals surface area contributed by atoms with E-state index in [4.69, 9.17) is 4.74 Å². The molecule has 0 atom stereocenters. The van der Waals surface area contributed by atoms with Gasteiger partial charge in [-0.15, -0.1) is 0 Å². The van der Waals surface area contributed by atoms with Crippen molar-refractivity contribution in [3.8, 4) is 5.75 Å². The van der Waals surface area contributed by atoms with E-state index >= 15 is 0 Å². The molecule has 0 spiro atoms. The third kappa shape index (κ3) is 5.83. The van der Waals surface area contributed by atoms with Crippen LogP contribution in [0.2, 0.25) is 0 Å². The maximum atomic E-state index is 12.6. The number of carbonyl (C=O) groups is 2. The van der Waals surface area contributed by atoms with Gasteiger partial charge in [-0.05, 0) is 20.8 Å². The van der Waals surface area contributed by atoms with Gasteiger partial charge in [0.25, 0.3) is 5.56 Å². The number of amides is 1. The van der Waals surface area contributed by atoms with Crippen LogP contribution in [0.4, 0.5) is 18.0 Å². The molecule has 1 aliphatic rings. The number of methoxy groups -OCH3 is 1. The van der Waals surface area contributed by atoms with Crippen LogP contribution < -0.4 is 14.8 Å². The second-order valence-corrected chi connectivity index (χ2v) is 9.17. The molecule has 1 aromatic heterocycles. The largest absolute Gasteiger partial charge is 0.534 e. The van der Waals surface area contributed by atoms with Gasteiger partial charge in [-0.1, -0.05) is 0 Å². The van der Waals surface area contributed by atoms with Gasteiger partial charge in [-0.2, -0.15) is 21.6 Å². The van der Waals surface area contributed by atoms with Crippen molar-refractivity contribution in [2.24, 2.45) is 0 Å². The molecule has 1 aliphatic heterocycles. The molecule has 0 aromatic carbocycles. The summed E-state index contributed by atoms with van der Waals surface area (Å²) in [6.07, 6.45) is 0.263. The highest BCUT2D eigenvalue weighted by atomic mass is 32.2. The molecule has 0 unspecified atom stereocenters. The Morgan fingerprint density at radius 2 is 1.62 bits per heavy atom. The summed E-state index contributed by atoms with van der Waals surface area (Å²) in [5.41, 5.74) is -8.15. The average Bonchev–Trinajstić information content (AvgIpc) is 2.65. The molecule has 180 valence electrons. The zero-order valence-corrected chi connectivity index (χ0v) is 18.4. The molecular weight excluding hydrogens is 463 g/mol. The second-order valence-electron chi connectivity index (χ2n) is 7.63. The van der Waals surface area contributed by atoms with Crippen molar-refractivity contribution >= 4 is 22.2 Å². The van der Waals surface area contributed by atoms with Gasteiger partial charge in [0.05, 0.1) is 26.3 Å². The lowest BCUT2D eigenvalue weighted by molar-refractivity contribution is -0.0500. The fraction of sp³-hybridized carbons (Fsp3) is 0.588. The zero-order valence-electron chi connectivity index (χ0n) is 17.6. The lowest BCUT2D eigenvalue weighted by Crippen LogP contribution is -2.55. The number of pyridine rings is 1. The van der Waals surface area contributed by atoms with Crippen LogP contribution in [0.15, 0.2) is 17.1 Å². The number of ether oxygens (including phenoxy) is 2. The molecule has 0 bridgehead atoms. The Kier molecular flexibility index (Phi) is 7.02. The smallest absolute Gasteiger partial charge is 0.465 e. The number of esters is 1. The van der Waals surface area contributed by atoms with E-state index in [-0.39, 0.29) is 26.2 Å². The van der Waals surface area contributed by atoms with Crippen LogP contribution in [0.25, 0.3) is 0 Å². The Balaban J connectivity index is 2.30. The molecule has 0 radical (unpaired) electrons. The first kappa shape index (κ1) is 25.3. The number of piperazine rings is 1. The number of rotatable bonds is 4. The molecule has 15 heteroatoms. The van der Waals surface area contributed by atoms with Crippen molar-refractivity contribution in [2.75, 3.05) is 38.3 Å². The summed E-state index contributed by atoms with van der Waals surface area (Å²) in [6, 6.07) is 0.440. The average molecular weight is 485 g/mol. The Morgan fingerprint density at radius 3 is 2.09 bits per heavy atom. The third-order valence-electron chi connectivity index (χ3n) is 4.10. The SMILES string of the molecule is COC(=O)c1cn(N2CCN(C(=O)OC(C)(C)C)CC2)c(=O)cc1OS(=O)(=O)C(F)(F)F. The molecule has 2 heterocycles. The standard InChI is InChI=1S/C17H22F3N3O8S/c1-16(2,3)30-15(26)21-5-7-22(8-6-21)23-10-11(14(25)29-4)12(9-13(23)24)31-32(27,28)17(18,19)20/h9-10H,5-8H2,1-4H3. The van der Waals surface area contributed by atoms with Crippen LogP contribution in [0.5, 0.6) is 5.75 Å². The van der Waals surface area contributed by atoms with Crippen LogP contribution in [0.3, 0.4) is 0 Å². The highest BCUT2D eigenvalue weighted by Crippen LogP contribution is 2.28.